The third kappa shape index (κ3) is 3.08. The van der Waals surface area contributed by atoms with Crippen molar-refractivity contribution in [3.05, 3.63) is 22.6 Å². The standard InChI is InChI=1S/C12H19N3O/c1-2-3-4-7-15-12(16)8-11(9-13-15)14-10-5-6-10/h8-10,14H,2-7H2,1H3. The minimum atomic E-state index is 0.00162. The first kappa shape index (κ1) is 11.2. The van der Waals surface area contributed by atoms with E-state index in [4.69, 9.17) is 0 Å². The molecule has 0 spiro atoms. The fraction of sp³-hybridized carbons (Fsp3) is 0.667. The highest BCUT2D eigenvalue weighted by Crippen LogP contribution is 2.23. The van der Waals surface area contributed by atoms with Crippen molar-refractivity contribution in [2.24, 2.45) is 0 Å². The molecular formula is C12H19N3O. The smallest absolute Gasteiger partial charge is 0.268 e. The van der Waals surface area contributed by atoms with Crippen LogP contribution in [0.25, 0.3) is 0 Å². The Morgan fingerprint density at radius 2 is 2.31 bits per heavy atom. The lowest BCUT2D eigenvalue weighted by Crippen LogP contribution is -2.22. The van der Waals surface area contributed by atoms with Crippen LogP contribution in [-0.2, 0) is 6.54 Å². The normalized spacial score (nSPS) is 15.1. The van der Waals surface area contributed by atoms with Crippen LogP contribution in [0.15, 0.2) is 17.1 Å². The maximum absolute atomic E-state index is 11.7. The van der Waals surface area contributed by atoms with Crippen molar-refractivity contribution in [1.29, 1.82) is 0 Å². The maximum atomic E-state index is 11.7. The minimum absolute atomic E-state index is 0.00162. The monoisotopic (exact) mass is 221 g/mol. The number of rotatable bonds is 6. The Morgan fingerprint density at radius 3 is 2.94 bits per heavy atom. The van der Waals surface area contributed by atoms with Gasteiger partial charge in [0.1, 0.15) is 0 Å². The number of unbranched alkanes of at least 4 members (excludes halogenated alkanes) is 2. The van der Waals surface area contributed by atoms with E-state index >= 15 is 0 Å². The van der Waals surface area contributed by atoms with Crippen LogP contribution >= 0.6 is 0 Å². The molecule has 0 atom stereocenters. The average molecular weight is 221 g/mol. The van der Waals surface area contributed by atoms with Crippen molar-refractivity contribution >= 4 is 5.69 Å². The predicted octanol–water partition coefficient (Wildman–Crippen LogP) is 2.01. The van der Waals surface area contributed by atoms with Crippen molar-refractivity contribution < 1.29 is 0 Å². The second kappa shape index (κ2) is 5.14. The Bertz CT molecular complexity index is 395. The number of nitrogens with zero attached hydrogens (tertiary/aromatic N) is 2. The van der Waals surface area contributed by atoms with E-state index in [2.05, 4.69) is 17.3 Å². The van der Waals surface area contributed by atoms with Crippen molar-refractivity contribution in [2.75, 3.05) is 5.32 Å². The van der Waals surface area contributed by atoms with E-state index in [1.807, 2.05) is 0 Å². The van der Waals surface area contributed by atoms with Crippen LogP contribution in [0.1, 0.15) is 39.0 Å². The second-order valence-electron chi connectivity index (χ2n) is 4.43. The Labute approximate surface area is 95.7 Å². The van der Waals surface area contributed by atoms with Crippen LogP contribution in [0.3, 0.4) is 0 Å². The molecule has 0 bridgehead atoms. The van der Waals surface area contributed by atoms with E-state index in [-0.39, 0.29) is 5.56 Å². The lowest BCUT2D eigenvalue weighted by atomic mass is 10.2. The molecule has 1 N–H and O–H groups in total. The number of hydrogen-bond donors (Lipinski definition) is 1. The summed E-state index contributed by atoms with van der Waals surface area (Å²) >= 11 is 0. The molecule has 1 aromatic rings. The number of aryl methyl sites for hydroxylation is 1. The highest BCUT2D eigenvalue weighted by Gasteiger charge is 2.20. The highest BCUT2D eigenvalue weighted by atomic mass is 16.1. The maximum Gasteiger partial charge on any atom is 0.268 e. The SMILES string of the molecule is CCCCCn1ncc(NC2CC2)cc1=O. The number of hydrogen-bond acceptors (Lipinski definition) is 3. The molecule has 1 aromatic heterocycles. The molecule has 4 heteroatoms. The van der Waals surface area contributed by atoms with Gasteiger partial charge in [-0.15, -0.1) is 0 Å². The van der Waals surface area contributed by atoms with E-state index < -0.39 is 0 Å². The van der Waals surface area contributed by atoms with Gasteiger partial charge in [-0.05, 0) is 19.3 Å². The first-order valence-corrected chi connectivity index (χ1v) is 6.13. The van der Waals surface area contributed by atoms with E-state index in [1.165, 1.54) is 12.8 Å². The van der Waals surface area contributed by atoms with Gasteiger partial charge in [-0.25, -0.2) is 4.68 Å². The summed E-state index contributed by atoms with van der Waals surface area (Å²) in [7, 11) is 0. The van der Waals surface area contributed by atoms with Crippen LogP contribution in [-0.4, -0.2) is 15.8 Å². The molecule has 16 heavy (non-hydrogen) atoms. The Kier molecular flexibility index (Phi) is 3.59. The van der Waals surface area contributed by atoms with Crippen LogP contribution < -0.4 is 10.9 Å². The summed E-state index contributed by atoms with van der Waals surface area (Å²) in [5.41, 5.74) is 0.862. The molecule has 1 fully saturated rings. The third-order valence-electron chi connectivity index (χ3n) is 2.79. The van der Waals surface area contributed by atoms with Gasteiger partial charge in [0.2, 0.25) is 0 Å². The van der Waals surface area contributed by atoms with Gasteiger partial charge < -0.3 is 5.32 Å². The molecule has 0 aromatic carbocycles. The van der Waals surface area contributed by atoms with Gasteiger partial charge in [0.05, 0.1) is 11.9 Å². The molecule has 0 aliphatic heterocycles. The Morgan fingerprint density at radius 1 is 1.50 bits per heavy atom. The highest BCUT2D eigenvalue weighted by molar-refractivity contribution is 5.41. The van der Waals surface area contributed by atoms with Gasteiger partial charge in [0, 0.05) is 18.7 Å². The molecule has 1 aliphatic rings. The first-order valence-electron chi connectivity index (χ1n) is 6.13. The first-order chi connectivity index (χ1) is 7.79. The Balaban J connectivity index is 1.95. The fourth-order valence-electron chi connectivity index (χ4n) is 1.66. The van der Waals surface area contributed by atoms with Gasteiger partial charge in [-0.2, -0.15) is 5.10 Å². The summed E-state index contributed by atoms with van der Waals surface area (Å²) in [6.07, 6.45) is 7.51. The summed E-state index contributed by atoms with van der Waals surface area (Å²) in [5, 5.41) is 7.45. The molecule has 2 rings (SSSR count). The van der Waals surface area contributed by atoms with Gasteiger partial charge in [-0.3, -0.25) is 4.79 Å². The fourth-order valence-corrected chi connectivity index (χ4v) is 1.66. The van der Waals surface area contributed by atoms with Crippen LogP contribution in [0, 0.1) is 0 Å². The molecule has 0 saturated heterocycles. The lowest BCUT2D eigenvalue weighted by molar-refractivity contribution is 0.528. The van der Waals surface area contributed by atoms with Crippen LogP contribution in [0.5, 0.6) is 0 Å². The van der Waals surface area contributed by atoms with Crippen LogP contribution in [0.2, 0.25) is 0 Å². The van der Waals surface area contributed by atoms with E-state index in [0.717, 1.165) is 31.5 Å². The zero-order chi connectivity index (χ0) is 11.4. The topological polar surface area (TPSA) is 46.9 Å². The largest absolute Gasteiger partial charge is 0.381 e. The van der Waals surface area contributed by atoms with Gasteiger partial charge in [0.15, 0.2) is 0 Å². The summed E-state index contributed by atoms with van der Waals surface area (Å²) in [6, 6.07) is 2.22. The molecule has 88 valence electrons. The summed E-state index contributed by atoms with van der Waals surface area (Å²) in [4.78, 5) is 11.7. The van der Waals surface area contributed by atoms with Crippen molar-refractivity contribution in [2.45, 2.75) is 51.6 Å². The predicted molar refractivity (Wildman–Crippen MR) is 64.7 cm³/mol. The van der Waals surface area contributed by atoms with Gasteiger partial charge in [-0.1, -0.05) is 19.8 Å². The quantitative estimate of drug-likeness (QED) is 0.747. The molecule has 4 nitrogen and oxygen atoms in total. The molecular weight excluding hydrogens is 202 g/mol. The molecule has 0 unspecified atom stereocenters. The van der Waals surface area contributed by atoms with Gasteiger partial charge in [0.25, 0.3) is 5.56 Å². The molecule has 1 heterocycles. The second-order valence-corrected chi connectivity index (χ2v) is 4.43. The van der Waals surface area contributed by atoms with E-state index in [9.17, 15) is 4.79 Å². The summed E-state index contributed by atoms with van der Waals surface area (Å²) in [5.74, 6) is 0. The zero-order valence-electron chi connectivity index (χ0n) is 9.78. The summed E-state index contributed by atoms with van der Waals surface area (Å²) in [6.45, 7) is 2.88. The zero-order valence-corrected chi connectivity index (χ0v) is 9.78. The lowest BCUT2D eigenvalue weighted by Gasteiger charge is -2.06. The van der Waals surface area contributed by atoms with Gasteiger partial charge >= 0.3 is 0 Å². The number of nitrogens with one attached hydrogen (secondary N) is 1. The molecule has 1 aliphatic carbocycles. The Hall–Kier alpha value is -1.32. The molecule has 0 amide bonds. The summed E-state index contributed by atoms with van der Waals surface area (Å²) < 4.78 is 1.55. The average Bonchev–Trinajstić information content (AvgIpc) is 3.05. The van der Waals surface area contributed by atoms with Crippen molar-refractivity contribution in [3.8, 4) is 0 Å². The van der Waals surface area contributed by atoms with Crippen LogP contribution in [0.4, 0.5) is 5.69 Å². The number of aromatic nitrogens is 2. The molecule has 0 radical (unpaired) electrons. The van der Waals surface area contributed by atoms with Crippen molar-refractivity contribution in [3.63, 3.8) is 0 Å². The van der Waals surface area contributed by atoms with Crippen molar-refractivity contribution in [1.82, 2.24) is 9.78 Å². The minimum Gasteiger partial charge on any atom is -0.381 e. The molecule has 1 saturated carbocycles. The number of anilines is 1. The third-order valence-corrected chi connectivity index (χ3v) is 2.79. The van der Waals surface area contributed by atoms with E-state index in [0.29, 0.717) is 6.04 Å². The van der Waals surface area contributed by atoms with E-state index in [1.54, 1.807) is 16.9 Å².